The Morgan fingerprint density at radius 2 is 1.85 bits per heavy atom. The van der Waals surface area contributed by atoms with Crippen molar-refractivity contribution in [2.45, 2.75) is 32.5 Å². The zero-order valence-electron chi connectivity index (χ0n) is 15.1. The van der Waals surface area contributed by atoms with Crippen LogP contribution in [0.15, 0.2) is 48.5 Å². The van der Waals surface area contributed by atoms with Crippen LogP contribution in [0.3, 0.4) is 0 Å². The van der Waals surface area contributed by atoms with E-state index in [1.165, 1.54) is 7.11 Å². The van der Waals surface area contributed by atoms with Gasteiger partial charge in [-0.3, -0.25) is 9.59 Å². The van der Waals surface area contributed by atoms with Crippen molar-refractivity contribution in [3.63, 3.8) is 0 Å². The number of hydrogen-bond donors (Lipinski definition) is 2. The summed E-state index contributed by atoms with van der Waals surface area (Å²) in [4.78, 5) is 23.1. The van der Waals surface area contributed by atoms with Crippen LogP contribution in [0.1, 0.15) is 30.6 Å². The van der Waals surface area contributed by atoms with Gasteiger partial charge in [-0.05, 0) is 49.2 Å². The van der Waals surface area contributed by atoms with Crippen LogP contribution in [0.2, 0.25) is 0 Å². The Balaban J connectivity index is 1.97. The molecule has 0 bridgehead atoms. The van der Waals surface area contributed by atoms with E-state index in [-0.39, 0.29) is 12.3 Å². The monoisotopic (exact) mass is 357 g/mol. The fraction of sp³-hybridized carbons (Fsp3) is 0.300. The van der Waals surface area contributed by atoms with Crippen molar-refractivity contribution in [1.82, 2.24) is 0 Å². The largest absolute Gasteiger partial charge is 0.481 e. The number of ether oxygens (including phenoxy) is 2. The highest BCUT2D eigenvalue weighted by molar-refractivity contribution is 5.94. The zero-order chi connectivity index (χ0) is 19.1. The average Bonchev–Trinajstić information content (AvgIpc) is 2.60. The van der Waals surface area contributed by atoms with Gasteiger partial charge in [0.1, 0.15) is 5.75 Å². The van der Waals surface area contributed by atoms with E-state index >= 15 is 0 Å². The summed E-state index contributed by atoms with van der Waals surface area (Å²) in [6.07, 6.45) is -1.31. The van der Waals surface area contributed by atoms with Crippen LogP contribution in [0.4, 0.5) is 5.69 Å². The van der Waals surface area contributed by atoms with E-state index in [2.05, 4.69) is 5.32 Å². The van der Waals surface area contributed by atoms with Crippen molar-refractivity contribution in [1.29, 1.82) is 0 Å². The molecule has 0 heterocycles. The van der Waals surface area contributed by atoms with E-state index in [4.69, 9.17) is 14.6 Å². The molecule has 0 aliphatic rings. The van der Waals surface area contributed by atoms with Gasteiger partial charge in [-0.15, -0.1) is 0 Å². The summed E-state index contributed by atoms with van der Waals surface area (Å²) < 4.78 is 10.8. The van der Waals surface area contributed by atoms with Gasteiger partial charge in [0.25, 0.3) is 5.91 Å². The number of carboxylic acid groups (broad SMARTS) is 1. The molecule has 0 aliphatic carbocycles. The molecule has 2 atom stereocenters. The molecule has 0 fully saturated rings. The Labute approximate surface area is 152 Å². The first-order valence-corrected chi connectivity index (χ1v) is 8.27. The number of benzene rings is 2. The number of anilines is 1. The third-order valence-corrected chi connectivity index (χ3v) is 3.87. The average molecular weight is 357 g/mol. The molecule has 6 nitrogen and oxygen atoms in total. The summed E-state index contributed by atoms with van der Waals surface area (Å²) >= 11 is 0. The van der Waals surface area contributed by atoms with Crippen molar-refractivity contribution in [2.75, 3.05) is 12.4 Å². The van der Waals surface area contributed by atoms with Crippen LogP contribution >= 0.6 is 0 Å². The number of carboxylic acids is 1. The molecule has 138 valence electrons. The third kappa shape index (κ3) is 5.60. The number of nitrogens with one attached hydrogen (secondary N) is 1. The van der Waals surface area contributed by atoms with Crippen LogP contribution in [0.5, 0.6) is 5.75 Å². The Hall–Kier alpha value is -2.86. The Morgan fingerprint density at radius 1 is 1.15 bits per heavy atom. The lowest BCUT2D eigenvalue weighted by Crippen LogP contribution is -2.30. The van der Waals surface area contributed by atoms with Crippen molar-refractivity contribution in [2.24, 2.45) is 0 Å². The van der Waals surface area contributed by atoms with Gasteiger partial charge in [0.15, 0.2) is 6.10 Å². The number of aliphatic carboxylic acids is 1. The molecule has 2 aromatic rings. The SMILES string of the molecule is CO[C@@H](CC(=O)O)c1ccc(NC(=O)[C@@H](C)Oc2cccc(C)c2)cc1. The standard InChI is InChI=1S/C20H23NO5/c1-13-5-4-6-17(11-13)26-14(2)20(24)21-16-9-7-15(8-10-16)18(25-3)12-19(22)23/h4-11,14,18H,12H2,1-3H3,(H,21,24)(H,22,23)/t14-,18+/m1/s1. The summed E-state index contributed by atoms with van der Waals surface area (Å²) in [6.45, 7) is 3.64. The second-order valence-electron chi connectivity index (χ2n) is 6.01. The van der Waals surface area contributed by atoms with E-state index in [1.54, 1.807) is 37.3 Å². The Bertz CT molecular complexity index is 757. The summed E-state index contributed by atoms with van der Waals surface area (Å²) in [5.74, 6) is -0.566. The second-order valence-corrected chi connectivity index (χ2v) is 6.01. The number of carbonyl (C=O) groups excluding carboxylic acids is 1. The molecule has 0 unspecified atom stereocenters. The summed E-state index contributed by atoms with van der Waals surface area (Å²) in [5, 5.41) is 11.7. The molecule has 0 saturated heterocycles. The fourth-order valence-electron chi connectivity index (χ4n) is 2.47. The normalized spacial score (nSPS) is 12.9. The molecule has 0 spiro atoms. The van der Waals surface area contributed by atoms with E-state index < -0.39 is 18.2 Å². The molecule has 0 aromatic heterocycles. The third-order valence-electron chi connectivity index (χ3n) is 3.87. The van der Waals surface area contributed by atoms with Crippen molar-refractivity contribution >= 4 is 17.6 Å². The lowest BCUT2D eigenvalue weighted by molar-refractivity contribution is -0.139. The molecule has 26 heavy (non-hydrogen) atoms. The number of amides is 1. The minimum absolute atomic E-state index is 0.121. The number of carbonyl (C=O) groups is 2. The van der Waals surface area contributed by atoms with Crippen molar-refractivity contribution in [3.05, 3.63) is 59.7 Å². The highest BCUT2D eigenvalue weighted by Gasteiger charge is 2.17. The first kappa shape index (κ1) is 19.5. The minimum Gasteiger partial charge on any atom is -0.481 e. The van der Waals surface area contributed by atoms with E-state index in [0.29, 0.717) is 11.4 Å². The topological polar surface area (TPSA) is 84.9 Å². The predicted molar refractivity (Wildman–Crippen MR) is 98.3 cm³/mol. The lowest BCUT2D eigenvalue weighted by atomic mass is 10.1. The summed E-state index contributed by atoms with van der Waals surface area (Å²) in [6, 6.07) is 14.4. The Morgan fingerprint density at radius 3 is 2.42 bits per heavy atom. The van der Waals surface area contributed by atoms with Gasteiger partial charge < -0.3 is 19.9 Å². The van der Waals surface area contributed by atoms with E-state index in [0.717, 1.165) is 11.1 Å². The van der Waals surface area contributed by atoms with Gasteiger partial charge in [-0.25, -0.2) is 0 Å². The maximum Gasteiger partial charge on any atom is 0.306 e. The first-order chi connectivity index (χ1) is 12.4. The van der Waals surface area contributed by atoms with Gasteiger partial charge in [-0.1, -0.05) is 24.3 Å². The van der Waals surface area contributed by atoms with Gasteiger partial charge in [0.2, 0.25) is 0 Å². The Kier molecular flexibility index (Phi) is 6.74. The minimum atomic E-state index is -0.934. The van der Waals surface area contributed by atoms with Crippen LogP contribution in [-0.2, 0) is 14.3 Å². The molecule has 6 heteroatoms. The number of hydrogen-bond acceptors (Lipinski definition) is 4. The zero-order valence-corrected chi connectivity index (χ0v) is 15.1. The van der Waals surface area contributed by atoms with Crippen LogP contribution < -0.4 is 10.1 Å². The maximum atomic E-state index is 12.3. The van der Waals surface area contributed by atoms with Crippen LogP contribution in [0, 0.1) is 6.92 Å². The highest BCUT2D eigenvalue weighted by atomic mass is 16.5. The predicted octanol–water partition coefficient (Wildman–Crippen LogP) is 3.56. The van der Waals surface area contributed by atoms with Crippen LogP contribution in [0.25, 0.3) is 0 Å². The second kappa shape index (κ2) is 9.01. The lowest BCUT2D eigenvalue weighted by Gasteiger charge is -2.16. The number of rotatable bonds is 8. The van der Waals surface area contributed by atoms with Gasteiger partial charge >= 0.3 is 5.97 Å². The van der Waals surface area contributed by atoms with Gasteiger partial charge in [-0.2, -0.15) is 0 Å². The smallest absolute Gasteiger partial charge is 0.306 e. The molecule has 0 saturated carbocycles. The quantitative estimate of drug-likeness (QED) is 0.754. The van der Waals surface area contributed by atoms with E-state index in [1.807, 2.05) is 25.1 Å². The molecule has 2 rings (SSSR count). The molecule has 2 aromatic carbocycles. The van der Waals surface area contributed by atoms with Gasteiger partial charge in [0.05, 0.1) is 12.5 Å². The molecule has 0 aliphatic heterocycles. The maximum absolute atomic E-state index is 12.3. The molecule has 1 amide bonds. The summed E-state index contributed by atoms with van der Waals surface area (Å²) in [5.41, 5.74) is 2.39. The first-order valence-electron chi connectivity index (χ1n) is 8.27. The van der Waals surface area contributed by atoms with Gasteiger partial charge in [0, 0.05) is 12.8 Å². The molecular formula is C20H23NO5. The molecular weight excluding hydrogens is 334 g/mol. The van der Waals surface area contributed by atoms with E-state index in [9.17, 15) is 9.59 Å². The highest BCUT2D eigenvalue weighted by Crippen LogP contribution is 2.22. The fourth-order valence-corrected chi connectivity index (χ4v) is 2.47. The number of aryl methyl sites for hydroxylation is 1. The van der Waals surface area contributed by atoms with Crippen molar-refractivity contribution < 1.29 is 24.2 Å². The summed E-state index contributed by atoms with van der Waals surface area (Å²) in [7, 11) is 1.47. The van der Waals surface area contributed by atoms with Crippen LogP contribution in [-0.4, -0.2) is 30.2 Å². The van der Waals surface area contributed by atoms with Crippen molar-refractivity contribution in [3.8, 4) is 5.75 Å². The molecule has 0 radical (unpaired) electrons. The number of methoxy groups -OCH3 is 1. The molecule has 2 N–H and O–H groups in total.